The molecule has 1 aliphatic rings. The molecular weight excluding hydrogens is 294 g/mol. The second kappa shape index (κ2) is 6.06. The largest absolute Gasteiger partial charge is 0.478 e. The van der Waals surface area contributed by atoms with Gasteiger partial charge in [-0.3, -0.25) is 9.48 Å². The predicted octanol–water partition coefficient (Wildman–Crippen LogP) is 1.74. The van der Waals surface area contributed by atoms with Crippen molar-refractivity contribution in [2.75, 3.05) is 6.61 Å². The van der Waals surface area contributed by atoms with E-state index >= 15 is 0 Å². The molecule has 0 aliphatic carbocycles. The average molecular weight is 317 g/mol. The zero-order valence-electron chi connectivity index (χ0n) is 14.1. The van der Waals surface area contributed by atoms with E-state index in [0.29, 0.717) is 24.7 Å². The monoisotopic (exact) mass is 317 g/mol. The van der Waals surface area contributed by atoms with Crippen molar-refractivity contribution in [3.8, 4) is 5.88 Å². The molecule has 7 heteroatoms. The van der Waals surface area contributed by atoms with Crippen LogP contribution in [0.2, 0.25) is 0 Å². The molecule has 7 nitrogen and oxygen atoms in total. The van der Waals surface area contributed by atoms with Gasteiger partial charge in [-0.25, -0.2) is 4.68 Å². The molecule has 1 amide bonds. The summed E-state index contributed by atoms with van der Waals surface area (Å²) in [6, 6.07) is 0. The Morgan fingerprint density at radius 3 is 2.74 bits per heavy atom. The van der Waals surface area contributed by atoms with Crippen LogP contribution in [0.1, 0.15) is 46.3 Å². The molecule has 0 aromatic carbocycles. The lowest BCUT2D eigenvalue weighted by Gasteiger charge is -2.14. The van der Waals surface area contributed by atoms with E-state index in [0.717, 1.165) is 42.0 Å². The molecule has 0 atom stereocenters. The van der Waals surface area contributed by atoms with Crippen molar-refractivity contribution in [1.29, 1.82) is 0 Å². The van der Waals surface area contributed by atoms with Crippen LogP contribution in [0.5, 0.6) is 5.88 Å². The summed E-state index contributed by atoms with van der Waals surface area (Å²) in [7, 11) is 0. The van der Waals surface area contributed by atoms with Gasteiger partial charge in [0, 0.05) is 42.9 Å². The van der Waals surface area contributed by atoms with E-state index in [1.807, 2.05) is 25.5 Å². The van der Waals surface area contributed by atoms with Crippen LogP contribution < -0.4 is 10.1 Å². The van der Waals surface area contributed by atoms with E-state index in [1.165, 1.54) is 0 Å². The number of hydrogen-bond acceptors (Lipinski definition) is 4. The molecule has 0 radical (unpaired) electrons. The molecule has 0 unspecified atom stereocenters. The maximum atomic E-state index is 12.5. The van der Waals surface area contributed by atoms with E-state index in [4.69, 9.17) is 4.74 Å². The van der Waals surface area contributed by atoms with Crippen molar-refractivity contribution in [2.24, 2.45) is 0 Å². The lowest BCUT2D eigenvalue weighted by molar-refractivity contribution is 0.0944. The predicted molar refractivity (Wildman–Crippen MR) is 85.6 cm³/mol. The number of carbonyl (C=O) groups is 1. The Balaban J connectivity index is 1.76. The van der Waals surface area contributed by atoms with Gasteiger partial charge in [-0.15, -0.1) is 0 Å². The van der Waals surface area contributed by atoms with Gasteiger partial charge in [0.15, 0.2) is 5.69 Å². The fourth-order valence-corrected chi connectivity index (χ4v) is 3.02. The summed E-state index contributed by atoms with van der Waals surface area (Å²) in [6.07, 6.45) is 0.920. The first-order valence-corrected chi connectivity index (χ1v) is 8.04. The van der Waals surface area contributed by atoms with Gasteiger partial charge in [-0.2, -0.15) is 10.2 Å². The highest BCUT2D eigenvalue weighted by atomic mass is 16.5. The highest BCUT2D eigenvalue weighted by molar-refractivity contribution is 5.94. The van der Waals surface area contributed by atoms with Crippen molar-refractivity contribution in [3.05, 3.63) is 28.2 Å². The van der Waals surface area contributed by atoms with Crippen LogP contribution in [0.3, 0.4) is 0 Å². The molecule has 2 aromatic rings. The Hall–Kier alpha value is -2.31. The zero-order valence-corrected chi connectivity index (χ0v) is 14.1. The first-order valence-electron chi connectivity index (χ1n) is 8.04. The van der Waals surface area contributed by atoms with Crippen molar-refractivity contribution >= 4 is 5.91 Å². The first-order chi connectivity index (χ1) is 11.0. The van der Waals surface area contributed by atoms with Crippen LogP contribution in [0, 0.1) is 20.8 Å². The minimum atomic E-state index is -0.170. The van der Waals surface area contributed by atoms with E-state index in [9.17, 15) is 4.79 Å². The average Bonchev–Trinajstić information content (AvgIpc) is 3.03. The van der Waals surface area contributed by atoms with E-state index in [2.05, 4.69) is 22.4 Å². The number of ether oxygens (including phenoxy) is 1. The standard InChI is InChI=1S/C16H23N5O2/c1-5-20-12(4)13(11(3)18-20)9-17-15(22)14-10(2)16-21(19-14)7-6-8-23-16/h5-9H2,1-4H3,(H,17,22). The van der Waals surface area contributed by atoms with Crippen molar-refractivity contribution in [1.82, 2.24) is 24.9 Å². The Labute approximate surface area is 135 Å². The van der Waals surface area contributed by atoms with Crippen LogP contribution in [0.4, 0.5) is 0 Å². The number of aromatic nitrogens is 4. The van der Waals surface area contributed by atoms with Crippen LogP contribution in [0.25, 0.3) is 0 Å². The molecule has 3 rings (SSSR count). The summed E-state index contributed by atoms with van der Waals surface area (Å²) in [4.78, 5) is 12.5. The number of amides is 1. The normalized spacial score (nSPS) is 13.6. The Morgan fingerprint density at radius 2 is 2.09 bits per heavy atom. The van der Waals surface area contributed by atoms with Crippen molar-refractivity contribution in [3.63, 3.8) is 0 Å². The van der Waals surface area contributed by atoms with E-state index in [-0.39, 0.29) is 5.91 Å². The van der Waals surface area contributed by atoms with Gasteiger partial charge in [0.1, 0.15) is 0 Å². The highest BCUT2D eigenvalue weighted by Crippen LogP contribution is 2.25. The van der Waals surface area contributed by atoms with Gasteiger partial charge in [0.05, 0.1) is 12.3 Å². The lowest BCUT2D eigenvalue weighted by atomic mass is 10.2. The van der Waals surface area contributed by atoms with Crippen LogP contribution in [-0.2, 0) is 19.6 Å². The fourth-order valence-electron chi connectivity index (χ4n) is 3.02. The fraction of sp³-hybridized carbons (Fsp3) is 0.562. The van der Waals surface area contributed by atoms with Crippen LogP contribution in [-0.4, -0.2) is 32.1 Å². The molecule has 0 bridgehead atoms. The molecule has 2 aromatic heterocycles. The van der Waals surface area contributed by atoms with E-state index in [1.54, 1.807) is 4.68 Å². The molecule has 23 heavy (non-hydrogen) atoms. The number of carbonyl (C=O) groups excluding carboxylic acids is 1. The second-order valence-corrected chi connectivity index (χ2v) is 5.85. The molecule has 0 fully saturated rings. The Morgan fingerprint density at radius 1 is 1.30 bits per heavy atom. The number of hydrogen-bond donors (Lipinski definition) is 1. The Kier molecular flexibility index (Phi) is 4.11. The number of rotatable bonds is 4. The molecule has 0 spiro atoms. The highest BCUT2D eigenvalue weighted by Gasteiger charge is 2.23. The van der Waals surface area contributed by atoms with Gasteiger partial charge in [0.25, 0.3) is 5.91 Å². The SMILES string of the molecule is CCn1nc(C)c(CNC(=O)c2nn3c(c2C)OCCC3)c1C. The van der Waals surface area contributed by atoms with Crippen molar-refractivity contribution < 1.29 is 9.53 Å². The molecule has 0 saturated heterocycles. The maximum Gasteiger partial charge on any atom is 0.272 e. The van der Waals surface area contributed by atoms with Gasteiger partial charge in [-0.05, 0) is 27.7 Å². The van der Waals surface area contributed by atoms with Crippen LogP contribution >= 0.6 is 0 Å². The summed E-state index contributed by atoms with van der Waals surface area (Å²) < 4.78 is 9.34. The summed E-state index contributed by atoms with van der Waals surface area (Å²) >= 11 is 0. The molecule has 1 aliphatic heterocycles. The molecular formula is C16H23N5O2. The molecule has 3 heterocycles. The minimum absolute atomic E-state index is 0.170. The summed E-state index contributed by atoms with van der Waals surface area (Å²) in [6.45, 7) is 10.7. The van der Waals surface area contributed by atoms with E-state index < -0.39 is 0 Å². The number of aryl methyl sites for hydroxylation is 3. The third-order valence-corrected chi connectivity index (χ3v) is 4.36. The molecule has 124 valence electrons. The Bertz CT molecular complexity index is 744. The zero-order chi connectivity index (χ0) is 16.6. The number of fused-ring (bicyclic) bond motifs is 1. The third kappa shape index (κ3) is 2.71. The lowest BCUT2D eigenvalue weighted by Crippen LogP contribution is -2.24. The molecule has 0 saturated carbocycles. The number of nitrogens with zero attached hydrogens (tertiary/aromatic N) is 4. The van der Waals surface area contributed by atoms with Crippen LogP contribution in [0.15, 0.2) is 0 Å². The minimum Gasteiger partial charge on any atom is -0.478 e. The molecule has 1 N–H and O–H groups in total. The maximum absolute atomic E-state index is 12.5. The van der Waals surface area contributed by atoms with Gasteiger partial charge < -0.3 is 10.1 Å². The summed E-state index contributed by atoms with van der Waals surface area (Å²) in [5.74, 6) is 0.545. The topological polar surface area (TPSA) is 74.0 Å². The van der Waals surface area contributed by atoms with Crippen molar-refractivity contribution in [2.45, 2.75) is 53.8 Å². The quantitative estimate of drug-likeness (QED) is 0.932. The summed E-state index contributed by atoms with van der Waals surface area (Å²) in [5.41, 5.74) is 4.36. The summed E-state index contributed by atoms with van der Waals surface area (Å²) in [5, 5.41) is 11.8. The van der Waals surface area contributed by atoms with Gasteiger partial charge in [-0.1, -0.05) is 0 Å². The number of nitrogens with one attached hydrogen (secondary N) is 1. The van der Waals surface area contributed by atoms with Gasteiger partial charge >= 0.3 is 0 Å². The first kappa shape index (κ1) is 15.6. The second-order valence-electron chi connectivity index (χ2n) is 5.85. The third-order valence-electron chi connectivity index (χ3n) is 4.36. The smallest absolute Gasteiger partial charge is 0.272 e. The van der Waals surface area contributed by atoms with Gasteiger partial charge in [0.2, 0.25) is 5.88 Å².